The summed E-state index contributed by atoms with van der Waals surface area (Å²) in [6.07, 6.45) is 1.87. The fraction of sp³-hybridized carbons (Fsp3) is 0.818. The highest BCUT2D eigenvalue weighted by molar-refractivity contribution is 7.73. The molecule has 100 valence electrons. The van der Waals surface area contributed by atoms with Gasteiger partial charge in [-0.25, -0.2) is 4.68 Å². The van der Waals surface area contributed by atoms with E-state index in [0.29, 0.717) is 0 Å². The quantitative estimate of drug-likeness (QED) is 0.775. The van der Waals surface area contributed by atoms with Crippen LogP contribution < -0.4 is 0 Å². The number of likely N-dealkylation sites (tertiary alicyclic amines) is 1. The van der Waals surface area contributed by atoms with Crippen LogP contribution >= 0.6 is 23.6 Å². The molecule has 0 saturated carbocycles. The minimum Gasteiger partial charge on any atom is -0.347 e. The lowest BCUT2D eigenvalue weighted by molar-refractivity contribution is -0.187. The zero-order chi connectivity index (χ0) is 12.6. The third-order valence-electron chi connectivity index (χ3n) is 3.47. The second-order valence-corrected chi connectivity index (χ2v) is 6.58. The smallest absolute Gasteiger partial charge is 0.180 e. The van der Waals surface area contributed by atoms with E-state index in [1.54, 1.807) is 11.3 Å². The molecule has 1 spiro atoms. The molecular weight excluding hydrogens is 270 g/mol. The van der Waals surface area contributed by atoms with Gasteiger partial charge < -0.3 is 9.47 Å². The van der Waals surface area contributed by atoms with E-state index < -0.39 is 0 Å². The van der Waals surface area contributed by atoms with Crippen LogP contribution in [0, 0.1) is 10.9 Å². The van der Waals surface area contributed by atoms with E-state index >= 15 is 0 Å². The maximum atomic E-state index is 5.72. The number of hydrogen-bond acceptors (Lipinski definition) is 6. The Hall–Kier alpha value is -0.340. The maximum absolute atomic E-state index is 5.72. The molecular formula is C11H17N3O2S2. The second-order valence-electron chi connectivity index (χ2n) is 4.75. The first kappa shape index (κ1) is 12.7. The van der Waals surface area contributed by atoms with Crippen molar-refractivity contribution in [2.24, 2.45) is 0 Å². The van der Waals surface area contributed by atoms with Gasteiger partial charge in [-0.3, -0.25) is 4.90 Å². The van der Waals surface area contributed by atoms with Gasteiger partial charge in [0.1, 0.15) is 5.01 Å². The summed E-state index contributed by atoms with van der Waals surface area (Å²) in [6.45, 7) is 6.17. The largest absolute Gasteiger partial charge is 0.347 e. The van der Waals surface area contributed by atoms with E-state index in [0.717, 1.165) is 54.8 Å². The number of rotatable bonds is 2. The van der Waals surface area contributed by atoms with Crippen molar-refractivity contribution in [1.29, 1.82) is 0 Å². The molecule has 1 aromatic heterocycles. The van der Waals surface area contributed by atoms with Gasteiger partial charge in [-0.15, -0.1) is 0 Å². The fourth-order valence-corrected chi connectivity index (χ4v) is 3.57. The van der Waals surface area contributed by atoms with Crippen LogP contribution in [0.1, 0.15) is 17.8 Å². The molecule has 0 amide bonds. The summed E-state index contributed by atoms with van der Waals surface area (Å²) in [5, 5.41) is 5.44. The average Bonchev–Trinajstić information content (AvgIpc) is 2.91. The Labute approximate surface area is 115 Å². The van der Waals surface area contributed by atoms with Gasteiger partial charge in [-0.05, 0) is 19.1 Å². The first-order chi connectivity index (χ1) is 8.67. The molecule has 2 aliphatic rings. The van der Waals surface area contributed by atoms with Gasteiger partial charge in [0.05, 0.1) is 19.9 Å². The Morgan fingerprint density at radius 2 is 2.00 bits per heavy atom. The molecule has 2 saturated heterocycles. The molecule has 0 radical (unpaired) electrons. The highest BCUT2D eigenvalue weighted by Crippen LogP contribution is 2.31. The highest BCUT2D eigenvalue weighted by atomic mass is 32.1. The Bertz CT molecular complexity index is 469. The number of aryl methyl sites for hydroxylation is 1. The number of nitrogens with zero attached hydrogens (tertiary/aromatic N) is 3. The van der Waals surface area contributed by atoms with E-state index in [4.69, 9.17) is 21.7 Å². The molecule has 3 heterocycles. The predicted molar refractivity (Wildman–Crippen MR) is 71.1 cm³/mol. The van der Waals surface area contributed by atoms with E-state index in [2.05, 4.69) is 10.00 Å². The van der Waals surface area contributed by atoms with Gasteiger partial charge in [0.2, 0.25) is 0 Å². The Balaban J connectivity index is 1.60. The third-order valence-corrected chi connectivity index (χ3v) is 4.70. The van der Waals surface area contributed by atoms with Crippen LogP contribution in [-0.4, -0.2) is 46.8 Å². The average molecular weight is 287 g/mol. The third kappa shape index (κ3) is 2.50. The molecule has 0 unspecified atom stereocenters. The van der Waals surface area contributed by atoms with Crippen LogP contribution in [0.2, 0.25) is 0 Å². The minimum absolute atomic E-state index is 0.296. The highest BCUT2D eigenvalue weighted by Gasteiger charge is 2.39. The molecule has 2 aliphatic heterocycles. The van der Waals surface area contributed by atoms with Crippen molar-refractivity contribution < 1.29 is 9.47 Å². The SMILES string of the molecule is Cc1nn(CN2CCC3(CC2)OCCO3)c(=S)s1. The molecule has 5 nitrogen and oxygen atoms in total. The van der Waals surface area contributed by atoms with Crippen LogP contribution in [0.4, 0.5) is 0 Å². The van der Waals surface area contributed by atoms with Crippen LogP contribution in [0.15, 0.2) is 0 Å². The van der Waals surface area contributed by atoms with E-state index in [1.165, 1.54) is 0 Å². The number of aromatic nitrogens is 2. The van der Waals surface area contributed by atoms with Crippen molar-refractivity contribution in [3.63, 3.8) is 0 Å². The van der Waals surface area contributed by atoms with E-state index in [1.807, 2.05) is 11.6 Å². The predicted octanol–water partition coefficient (Wildman–Crippen LogP) is 1.78. The van der Waals surface area contributed by atoms with Crippen LogP contribution in [0.3, 0.4) is 0 Å². The van der Waals surface area contributed by atoms with E-state index in [9.17, 15) is 0 Å². The summed E-state index contributed by atoms with van der Waals surface area (Å²) < 4.78 is 14.2. The monoisotopic (exact) mass is 287 g/mol. The minimum atomic E-state index is -0.296. The lowest BCUT2D eigenvalue weighted by Gasteiger charge is -2.37. The summed E-state index contributed by atoms with van der Waals surface area (Å²) in [7, 11) is 0. The zero-order valence-corrected chi connectivity index (χ0v) is 12.1. The normalized spacial score (nSPS) is 23.8. The van der Waals surface area contributed by atoms with Crippen LogP contribution in [0.5, 0.6) is 0 Å². The first-order valence-corrected chi connectivity index (χ1v) is 7.44. The zero-order valence-electron chi connectivity index (χ0n) is 10.4. The van der Waals surface area contributed by atoms with Crippen LogP contribution in [-0.2, 0) is 16.1 Å². The molecule has 1 aromatic rings. The van der Waals surface area contributed by atoms with Crippen LogP contribution in [0.25, 0.3) is 0 Å². The lowest BCUT2D eigenvalue weighted by atomic mass is 10.0. The Kier molecular flexibility index (Phi) is 3.50. The molecule has 3 rings (SSSR count). The van der Waals surface area contributed by atoms with Crippen molar-refractivity contribution in [2.45, 2.75) is 32.2 Å². The fourth-order valence-electron chi connectivity index (χ4n) is 2.51. The van der Waals surface area contributed by atoms with Gasteiger partial charge in [-0.1, -0.05) is 11.3 Å². The summed E-state index contributed by atoms with van der Waals surface area (Å²) in [4.78, 5) is 2.35. The van der Waals surface area contributed by atoms with Crippen molar-refractivity contribution >= 4 is 23.6 Å². The Morgan fingerprint density at radius 1 is 1.33 bits per heavy atom. The molecule has 18 heavy (non-hydrogen) atoms. The standard InChI is InChI=1S/C11H17N3O2S2/c1-9-12-14(10(17)18-9)8-13-4-2-11(3-5-13)15-6-7-16-11/h2-8H2,1H3. The van der Waals surface area contributed by atoms with Gasteiger partial charge in [0.15, 0.2) is 9.74 Å². The second kappa shape index (κ2) is 4.97. The molecule has 0 aromatic carbocycles. The summed E-state index contributed by atoms with van der Waals surface area (Å²) in [5.74, 6) is -0.296. The lowest BCUT2D eigenvalue weighted by Crippen LogP contribution is -2.45. The van der Waals surface area contributed by atoms with Crippen molar-refractivity contribution in [3.8, 4) is 0 Å². The molecule has 0 aliphatic carbocycles. The molecule has 7 heteroatoms. The first-order valence-electron chi connectivity index (χ1n) is 6.22. The van der Waals surface area contributed by atoms with Gasteiger partial charge in [0.25, 0.3) is 0 Å². The van der Waals surface area contributed by atoms with E-state index in [-0.39, 0.29) is 5.79 Å². The summed E-state index contributed by atoms with van der Waals surface area (Å²) in [5.41, 5.74) is 0. The maximum Gasteiger partial charge on any atom is 0.180 e. The molecule has 2 fully saturated rings. The number of piperidine rings is 1. The number of ether oxygens (including phenoxy) is 2. The molecule has 0 atom stereocenters. The molecule has 0 N–H and O–H groups in total. The van der Waals surface area contributed by atoms with Gasteiger partial charge in [0, 0.05) is 25.9 Å². The topological polar surface area (TPSA) is 39.5 Å². The van der Waals surface area contributed by atoms with Crippen molar-refractivity contribution in [2.75, 3.05) is 26.3 Å². The van der Waals surface area contributed by atoms with Crippen molar-refractivity contribution in [3.05, 3.63) is 8.96 Å². The Morgan fingerprint density at radius 3 is 2.56 bits per heavy atom. The molecule has 0 bridgehead atoms. The summed E-state index contributed by atoms with van der Waals surface area (Å²) in [6, 6.07) is 0. The van der Waals surface area contributed by atoms with Gasteiger partial charge in [-0.2, -0.15) is 5.10 Å². The van der Waals surface area contributed by atoms with Gasteiger partial charge >= 0.3 is 0 Å². The number of hydrogen-bond donors (Lipinski definition) is 0. The van der Waals surface area contributed by atoms with Crippen molar-refractivity contribution in [1.82, 2.24) is 14.7 Å². The summed E-state index contributed by atoms with van der Waals surface area (Å²) >= 11 is 6.85.